The van der Waals surface area contributed by atoms with E-state index >= 15 is 8.78 Å². The quantitative estimate of drug-likeness (QED) is 0.231. The first-order chi connectivity index (χ1) is 20.4. The fourth-order valence-corrected chi connectivity index (χ4v) is 9.49. The fourth-order valence-electron chi connectivity index (χ4n) is 8.74. The Morgan fingerprint density at radius 1 is 1.19 bits per heavy atom. The SMILES string of the molecule is CCCCOc1ccc(CN(O)C[C@@H]2C[C@H]3[C@@H]4C[C@H](F)C5=CC(=O)C=C[C@]5(C)[C@@]4(F)[C@@H](O)C[C@]3(C)[C@H]2C(=O)SCF)cc1. The maximum Gasteiger partial charge on any atom is 0.195 e. The topological polar surface area (TPSA) is 87.1 Å². The van der Waals surface area contributed by atoms with E-state index in [1.54, 1.807) is 0 Å². The van der Waals surface area contributed by atoms with Crippen molar-refractivity contribution in [2.75, 3.05) is 19.2 Å². The number of hydrogen-bond acceptors (Lipinski definition) is 7. The van der Waals surface area contributed by atoms with Gasteiger partial charge in [-0.1, -0.05) is 50.2 Å². The highest BCUT2D eigenvalue weighted by atomic mass is 32.2. The number of unbranched alkanes of at least 4 members (excludes halogenated alkanes) is 1. The lowest BCUT2D eigenvalue weighted by Gasteiger charge is -2.62. The number of aliphatic hydroxyl groups excluding tert-OH is 1. The molecule has 0 radical (unpaired) electrons. The largest absolute Gasteiger partial charge is 0.494 e. The fraction of sp³-hybridized carbons (Fsp3) is 0.636. The molecule has 2 N–H and O–H groups in total. The maximum absolute atomic E-state index is 17.5. The molecule has 43 heavy (non-hydrogen) atoms. The molecule has 3 saturated carbocycles. The third kappa shape index (κ3) is 5.51. The van der Waals surface area contributed by atoms with Crippen molar-refractivity contribution >= 4 is 22.7 Å². The molecular weight excluding hydrogens is 579 g/mol. The molecular formula is C33H42F3NO5S. The van der Waals surface area contributed by atoms with E-state index in [1.807, 2.05) is 31.2 Å². The maximum atomic E-state index is 17.5. The van der Waals surface area contributed by atoms with Gasteiger partial charge in [0, 0.05) is 30.3 Å². The van der Waals surface area contributed by atoms with Crippen molar-refractivity contribution in [1.82, 2.24) is 5.06 Å². The van der Waals surface area contributed by atoms with Gasteiger partial charge in [-0.25, -0.2) is 13.2 Å². The molecule has 0 aromatic heterocycles. The number of rotatable bonds is 10. The molecule has 0 saturated heterocycles. The van der Waals surface area contributed by atoms with Crippen molar-refractivity contribution in [3.8, 4) is 5.75 Å². The Bertz CT molecular complexity index is 1280. The summed E-state index contributed by atoms with van der Waals surface area (Å²) in [5.41, 5.74) is -3.86. The molecule has 1 aromatic rings. The normalized spacial score (nSPS) is 38.3. The van der Waals surface area contributed by atoms with E-state index in [0.29, 0.717) is 24.8 Å². The van der Waals surface area contributed by atoms with Crippen molar-refractivity contribution in [2.24, 2.45) is 34.5 Å². The molecule has 4 aliphatic rings. The van der Waals surface area contributed by atoms with E-state index in [-0.39, 0.29) is 31.5 Å². The van der Waals surface area contributed by atoms with Crippen molar-refractivity contribution in [3.63, 3.8) is 0 Å². The van der Waals surface area contributed by atoms with Gasteiger partial charge in [-0.05, 0) is 85.3 Å². The van der Waals surface area contributed by atoms with Crippen LogP contribution in [0.5, 0.6) is 5.75 Å². The number of aliphatic hydroxyl groups is 1. The minimum atomic E-state index is -2.27. The highest BCUT2D eigenvalue weighted by Crippen LogP contribution is 2.70. The Morgan fingerprint density at radius 2 is 1.91 bits per heavy atom. The summed E-state index contributed by atoms with van der Waals surface area (Å²) < 4.78 is 52.4. The lowest BCUT2D eigenvalue weighted by molar-refractivity contribution is -0.201. The summed E-state index contributed by atoms with van der Waals surface area (Å²) in [5, 5.41) is 23.3. The second kappa shape index (κ2) is 12.3. The first-order valence-corrected chi connectivity index (χ1v) is 16.2. The van der Waals surface area contributed by atoms with E-state index < -0.39 is 69.4 Å². The third-order valence-corrected chi connectivity index (χ3v) is 11.4. The predicted octanol–water partition coefficient (Wildman–Crippen LogP) is 6.40. The zero-order valence-electron chi connectivity index (χ0n) is 25.0. The minimum Gasteiger partial charge on any atom is -0.494 e. The number of alkyl halides is 3. The highest BCUT2D eigenvalue weighted by Gasteiger charge is 2.73. The lowest BCUT2D eigenvalue weighted by Crippen LogP contribution is -2.68. The van der Waals surface area contributed by atoms with Gasteiger partial charge < -0.3 is 15.1 Å². The summed E-state index contributed by atoms with van der Waals surface area (Å²) in [6.07, 6.45) is 2.65. The molecule has 9 atom stereocenters. The summed E-state index contributed by atoms with van der Waals surface area (Å²) in [5.74, 6) is -2.37. The molecule has 236 valence electrons. The number of carbonyl (C=O) groups is 2. The first kappa shape index (κ1) is 32.3. The van der Waals surface area contributed by atoms with Crippen LogP contribution < -0.4 is 4.74 Å². The Labute approximate surface area is 255 Å². The number of ketones is 1. The number of halogens is 3. The van der Waals surface area contributed by atoms with E-state index in [2.05, 4.69) is 6.92 Å². The lowest BCUT2D eigenvalue weighted by atomic mass is 9.45. The number of carbonyl (C=O) groups excluding carboxylic acids is 2. The van der Waals surface area contributed by atoms with Crippen LogP contribution in [0.25, 0.3) is 0 Å². The van der Waals surface area contributed by atoms with Crippen molar-refractivity contribution in [3.05, 3.63) is 53.6 Å². The van der Waals surface area contributed by atoms with Gasteiger partial charge in [0.05, 0.1) is 12.7 Å². The predicted molar refractivity (Wildman–Crippen MR) is 159 cm³/mol. The third-order valence-electron chi connectivity index (χ3n) is 10.8. The molecule has 6 nitrogen and oxygen atoms in total. The Hall–Kier alpha value is -2.14. The summed E-state index contributed by atoms with van der Waals surface area (Å²) >= 11 is 0.548. The van der Waals surface area contributed by atoms with Gasteiger partial charge in [0.2, 0.25) is 0 Å². The summed E-state index contributed by atoms with van der Waals surface area (Å²) in [4.78, 5) is 25.5. The smallest absolute Gasteiger partial charge is 0.195 e. The van der Waals surface area contributed by atoms with E-state index in [9.17, 15) is 24.3 Å². The monoisotopic (exact) mass is 621 g/mol. The second-order valence-corrected chi connectivity index (χ2v) is 14.1. The van der Waals surface area contributed by atoms with Crippen LogP contribution >= 0.6 is 11.8 Å². The molecule has 1 aromatic carbocycles. The number of hydrogen-bond donors (Lipinski definition) is 2. The first-order valence-electron chi connectivity index (χ1n) is 15.2. The number of ether oxygens (including phenoxy) is 1. The molecule has 3 fully saturated rings. The van der Waals surface area contributed by atoms with Crippen LogP contribution in [-0.4, -0.2) is 63.4 Å². The van der Waals surface area contributed by atoms with E-state index in [0.717, 1.165) is 35.3 Å². The van der Waals surface area contributed by atoms with Crippen LogP contribution in [0.3, 0.4) is 0 Å². The van der Waals surface area contributed by atoms with Gasteiger partial charge in [0.25, 0.3) is 0 Å². The molecule has 4 aliphatic carbocycles. The number of allylic oxidation sites excluding steroid dienone is 4. The Balaban J connectivity index is 1.40. The number of thioether (sulfide) groups is 1. The number of nitrogens with zero attached hydrogens (tertiary/aromatic N) is 1. The Kier molecular flexibility index (Phi) is 9.25. The van der Waals surface area contributed by atoms with Crippen molar-refractivity contribution in [2.45, 2.75) is 77.4 Å². The van der Waals surface area contributed by atoms with Gasteiger partial charge in [-0.3, -0.25) is 9.59 Å². The molecule has 0 unspecified atom stereocenters. The summed E-state index contributed by atoms with van der Waals surface area (Å²) in [6.45, 7) is 6.31. The summed E-state index contributed by atoms with van der Waals surface area (Å²) in [7, 11) is 0. The van der Waals surface area contributed by atoms with E-state index in [1.165, 1.54) is 19.1 Å². The number of fused-ring (bicyclic) bond motifs is 5. The molecule has 0 amide bonds. The zero-order chi connectivity index (χ0) is 31.2. The van der Waals surface area contributed by atoms with Gasteiger partial charge in [-0.15, -0.1) is 0 Å². The number of hydroxylamine groups is 2. The van der Waals surface area contributed by atoms with Crippen LogP contribution in [0.2, 0.25) is 0 Å². The van der Waals surface area contributed by atoms with Crippen LogP contribution in [0.15, 0.2) is 48.1 Å². The zero-order valence-corrected chi connectivity index (χ0v) is 25.8. The summed E-state index contributed by atoms with van der Waals surface area (Å²) in [6, 6.07) is 6.46. The minimum absolute atomic E-state index is 0.0416. The molecule has 0 bridgehead atoms. The van der Waals surface area contributed by atoms with Gasteiger partial charge in [0.15, 0.2) is 16.6 Å². The standard InChI is InChI=1S/C33H42F3NO5S/c1-4-5-12-42-23-8-6-20(7-9-23)17-37(41)18-21-13-24-25-15-27(35)26-14-22(38)10-11-32(26,3)33(25,36)28(39)16-31(24,2)29(21)30(40)43-19-34/h6-11,14,21,24-25,27-29,39,41H,4-5,12-13,15-19H2,1-3H3/t21-,24-,25-,27-,28-,29+,31-,32-,33-/m0/s1. The average Bonchev–Trinajstić information content (AvgIpc) is 3.23. The number of benzene rings is 1. The van der Waals surface area contributed by atoms with Gasteiger partial charge in [-0.2, -0.15) is 5.06 Å². The highest BCUT2D eigenvalue weighted by molar-refractivity contribution is 8.13. The van der Waals surface area contributed by atoms with Crippen LogP contribution in [-0.2, 0) is 16.1 Å². The molecule has 0 spiro atoms. The van der Waals surface area contributed by atoms with Crippen LogP contribution in [0, 0.1) is 34.5 Å². The van der Waals surface area contributed by atoms with Crippen molar-refractivity contribution in [1.29, 1.82) is 0 Å². The van der Waals surface area contributed by atoms with E-state index in [4.69, 9.17) is 4.74 Å². The average molecular weight is 622 g/mol. The van der Waals surface area contributed by atoms with Crippen molar-refractivity contribution < 1.29 is 37.8 Å². The molecule has 0 heterocycles. The Morgan fingerprint density at radius 3 is 2.58 bits per heavy atom. The van der Waals surface area contributed by atoms with Crippen LogP contribution in [0.4, 0.5) is 13.2 Å². The van der Waals surface area contributed by atoms with Gasteiger partial charge in [0.1, 0.15) is 17.9 Å². The van der Waals surface area contributed by atoms with Crippen LogP contribution in [0.1, 0.15) is 58.4 Å². The van der Waals surface area contributed by atoms with Gasteiger partial charge >= 0.3 is 0 Å². The molecule has 5 rings (SSSR count). The molecule has 10 heteroatoms. The second-order valence-electron chi connectivity index (χ2n) is 13.2. The molecule has 0 aliphatic heterocycles.